The third-order valence-corrected chi connectivity index (χ3v) is 4.22. The van der Waals surface area contributed by atoms with Crippen LogP contribution in [0.1, 0.15) is 104 Å². The molecule has 0 fully saturated rings. The van der Waals surface area contributed by atoms with Crippen LogP contribution in [-0.2, 0) is 9.59 Å². The van der Waals surface area contributed by atoms with E-state index in [4.69, 9.17) is 0 Å². The molecule has 0 rings (SSSR count). The van der Waals surface area contributed by atoms with Gasteiger partial charge in [0.15, 0.2) is 0 Å². The Kier molecular flexibility index (Phi) is 17.1. The monoisotopic (exact) mass is 324 g/mol. The summed E-state index contributed by atoms with van der Waals surface area (Å²) in [7, 11) is 0. The summed E-state index contributed by atoms with van der Waals surface area (Å²) in [4.78, 5) is 23.3. The molecule has 0 atom stereocenters. The summed E-state index contributed by atoms with van der Waals surface area (Å²) in [5.41, 5.74) is 0. The molecule has 0 saturated heterocycles. The first kappa shape index (κ1) is 22.3. The number of unbranched alkanes of at least 4 members (excludes halogenated alkanes) is 8. The van der Waals surface area contributed by atoms with Crippen molar-refractivity contribution in [3.8, 4) is 0 Å². The molecule has 0 aromatic carbocycles. The molecule has 0 amide bonds. The highest BCUT2D eigenvalue weighted by Gasteiger charge is 2.04. The van der Waals surface area contributed by atoms with Crippen LogP contribution in [0.4, 0.5) is 0 Å². The molecule has 3 heteroatoms. The van der Waals surface area contributed by atoms with Crippen LogP contribution in [0.3, 0.4) is 0 Å². The third-order valence-electron chi connectivity index (χ3n) is 4.22. The normalized spacial score (nSPS) is 10.9. The van der Waals surface area contributed by atoms with Gasteiger partial charge in [0, 0.05) is 38.8 Å². The lowest BCUT2D eigenvalue weighted by Crippen LogP contribution is -2.15. The Labute approximate surface area is 144 Å². The molecule has 135 valence electrons. The molecule has 0 unspecified atom stereocenters. The Balaban J connectivity index is 3.30. The zero-order valence-electron chi connectivity index (χ0n) is 15.6. The lowest BCUT2D eigenvalue weighted by Gasteiger charge is -2.03. The molecule has 0 aromatic rings. The Morgan fingerprint density at radius 2 is 0.957 bits per heavy atom. The van der Waals surface area contributed by atoms with Crippen molar-refractivity contribution in [2.45, 2.75) is 104 Å². The molecule has 0 saturated carbocycles. The van der Waals surface area contributed by atoms with E-state index in [0.717, 1.165) is 12.8 Å². The molecule has 0 heterocycles. The first-order chi connectivity index (χ1) is 11.2. The second-order valence-electron chi connectivity index (χ2n) is 6.58. The Morgan fingerprint density at radius 3 is 1.35 bits per heavy atom. The van der Waals surface area contributed by atoms with Gasteiger partial charge in [0.1, 0.15) is 11.6 Å². The summed E-state index contributed by atoms with van der Waals surface area (Å²) in [6.07, 6.45) is 14.4. The van der Waals surface area contributed by atoms with Gasteiger partial charge in [-0.15, -0.1) is 0 Å². The van der Waals surface area contributed by atoms with Crippen LogP contribution in [0.15, 0.2) is 0 Å². The average molecular weight is 325 g/mol. The van der Waals surface area contributed by atoms with E-state index in [-0.39, 0.29) is 0 Å². The van der Waals surface area contributed by atoms with Gasteiger partial charge < -0.3 is 0 Å². The maximum Gasteiger partial charge on any atom is 0.134 e. The van der Waals surface area contributed by atoms with Crippen molar-refractivity contribution in [3.05, 3.63) is 0 Å². The summed E-state index contributed by atoms with van der Waals surface area (Å²) in [5, 5.41) is 4.32. The predicted molar refractivity (Wildman–Crippen MR) is 97.9 cm³/mol. The highest BCUT2D eigenvalue weighted by atomic mass is 16.1. The van der Waals surface area contributed by atoms with E-state index in [1.54, 1.807) is 0 Å². The highest BCUT2D eigenvalue weighted by molar-refractivity contribution is 5.79. The molecule has 3 nitrogen and oxygen atoms in total. The van der Waals surface area contributed by atoms with Crippen molar-refractivity contribution in [1.82, 2.24) is 5.32 Å². The second kappa shape index (κ2) is 17.7. The first-order valence-electron chi connectivity index (χ1n) is 9.87. The van der Waals surface area contributed by atoms with Crippen LogP contribution in [0, 0.1) is 0 Å². The lowest BCUT2D eigenvalue weighted by molar-refractivity contribution is -0.119. The van der Waals surface area contributed by atoms with Gasteiger partial charge >= 0.3 is 0 Å². The number of hydrogen-bond donors (Lipinski definition) is 0. The molecule has 0 aliphatic heterocycles. The van der Waals surface area contributed by atoms with Gasteiger partial charge in [0.25, 0.3) is 0 Å². The molecule has 0 aliphatic rings. The van der Waals surface area contributed by atoms with Crippen LogP contribution in [0.25, 0.3) is 0 Å². The summed E-state index contributed by atoms with van der Waals surface area (Å²) in [6, 6.07) is 0. The highest BCUT2D eigenvalue weighted by Crippen LogP contribution is 2.07. The van der Waals surface area contributed by atoms with Gasteiger partial charge in [-0.05, 0) is 12.8 Å². The number of Topliss-reactive ketones (excluding diaryl/α,β-unsaturated/α-hetero) is 2. The maximum absolute atomic E-state index is 11.7. The molecule has 0 bridgehead atoms. The minimum atomic E-state index is 0.326. The van der Waals surface area contributed by atoms with E-state index >= 15 is 0 Å². The predicted octanol–water partition coefficient (Wildman–Crippen LogP) is 5.23. The molecule has 0 N–H and O–H groups in total. The third kappa shape index (κ3) is 17.5. The number of carbonyl (C=O) groups is 2. The SMILES string of the molecule is CCCCCCCC(=O)CC[N]CCC(=O)CCCCCCC. The topological polar surface area (TPSA) is 48.2 Å². The molecular weight excluding hydrogens is 286 g/mol. The van der Waals surface area contributed by atoms with Crippen molar-refractivity contribution in [3.63, 3.8) is 0 Å². The fraction of sp³-hybridized carbons (Fsp3) is 0.900. The van der Waals surface area contributed by atoms with E-state index < -0.39 is 0 Å². The zero-order valence-corrected chi connectivity index (χ0v) is 15.6. The number of rotatable bonds is 18. The van der Waals surface area contributed by atoms with E-state index in [1.807, 2.05) is 0 Å². The Morgan fingerprint density at radius 1 is 0.565 bits per heavy atom. The van der Waals surface area contributed by atoms with Crippen molar-refractivity contribution in [2.24, 2.45) is 0 Å². The fourth-order valence-corrected chi connectivity index (χ4v) is 2.62. The summed E-state index contributed by atoms with van der Waals surface area (Å²) < 4.78 is 0. The number of hydrogen-bond acceptors (Lipinski definition) is 2. The molecule has 0 aromatic heterocycles. The van der Waals surface area contributed by atoms with Crippen LogP contribution in [0.2, 0.25) is 0 Å². The van der Waals surface area contributed by atoms with Gasteiger partial charge in [-0.1, -0.05) is 65.2 Å². The van der Waals surface area contributed by atoms with Crippen molar-refractivity contribution in [2.75, 3.05) is 13.1 Å². The van der Waals surface area contributed by atoms with Crippen molar-refractivity contribution >= 4 is 11.6 Å². The minimum absolute atomic E-state index is 0.326. The van der Waals surface area contributed by atoms with E-state index in [1.165, 1.54) is 51.4 Å². The van der Waals surface area contributed by atoms with Crippen molar-refractivity contribution < 1.29 is 9.59 Å². The standard InChI is InChI=1S/C20H38NO2/c1-3-5-7-9-11-13-19(22)15-17-21-18-16-20(23)14-12-10-8-6-4-2/h3-18H2,1-2H3. The Hall–Kier alpha value is -0.700. The van der Waals surface area contributed by atoms with Crippen LogP contribution >= 0.6 is 0 Å². The van der Waals surface area contributed by atoms with Crippen LogP contribution in [0.5, 0.6) is 0 Å². The van der Waals surface area contributed by atoms with Gasteiger partial charge in [-0.25, -0.2) is 5.32 Å². The average Bonchev–Trinajstić information content (AvgIpc) is 2.54. The quantitative estimate of drug-likeness (QED) is 0.324. The molecule has 23 heavy (non-hydrogen) atoms. The summed E-state index contributed by atoms with van der Waals surface area (Å²) in [6.45, 7) is 5.59. The number of ketones is 2. The lowest BCUT2D eigenvalue weighted by atomic mass is 10.1. The van der Waals surface area contributed by atoms with Gasteiger partial charge in [0.2, 0.25) is 0 Å². The van der Waals surface area contributed by atoms with Gasteiger partial charge in [0.05, 0.1) is 0 Å². The van der Waals surface area contributed by atoms with E-state index in [9.17, 15) is 9.59 Å². The minimum Gasteiger partial charge on any atom is -0.300 e. The molecular formula is C20H38NO2. The first-order valence-corrected chi connectivity index (χ1v) is 9.87. The zero-order chi connectivity index (χ0) is 17.2. The molecule has 0 aliphatic carbocycles. The summed E-state index contributed by atoms with van der Waals surface area (Å²) in [5.74, 6) is 0.653. The molecule has 1 radical (unpaired) electrons. The van der Waals surface area contributed by atoms with Crippen LogP contribution in [-0.4, -0.2) is 24.7 Å². The van der Waals surface area contributed by atoms with E-state index in [0.29, 0.717) is 50.3 Å². The molecule has 0 spiro atoms. The fourth-order valence-electron chi connectivity index (χ4n) is 2.62. The number of nitrogens with zero attached hydrogens (tertiary/aromatic N) is 1. The smallest absolute Gasteiger partial charge is 0.134 e. The second-order valence-corrected chi connectivity index (χ2v) is 6.58. The van der Waals surface area contributed by atoms with Crippen molar-refractivity contribution in [1.29, 1.82) is 0 Å². The largest absolute Gasteiger partial charge is 0.300 e. The van der Waals surface area contributed by atoms with Crippen LogP contribution < -0.4 is 5.32 Å². The number of carbonyl (C=O) groups excluding carboxylic acids is 2. The maximum atomic E-state index is 11.7. The Bertz CT molecular complexity index is 261. The summed E-state index contributed by atoms with van der Waals surface area (Å²) >= 11 is 0. The van der Waals surface area contributed by atoms with Gasteiger partial charge in [-0.2, -0.15) is 0 Å². The van der Waals surface area contributed by atoms with E-state index in [2.05, 4.69) is 19.2 Å². The van der Waals surface area contributed by atoms with Gasteiger partial charge in [-0.3, -0.25) is 9.59 Å².